The number of rotatable bonds is 2. The average molecular weight is 313 g/mol. The molecule has 0 spiro atoms. The first-order valence-electron chi connectivity index (χ1n) is 6.09. The number of ether oxygens (including phenoxy) is 1. The molecule has 0 aliphatic carbocycles. The van der Waals surface area contributed by atoms with Gasteiger partial charge in [0.2, 0.25) is 0 Å². The quantitative estimate of drug-likeness (QED) is 0.911. The molecular formula is C14H17BrO3. The highest BCUT2D eigenvalue weighted by molar-refractivity contribution is 9.10. The van der Waals surface area contributed by atoms with Gasteiger partial charge in [-0.15, -0.1) is 0 Å². The van der Waals surface area contributed by atoms with Gasteiger partial charge in [-0.05, 0) is 44.4 Å². The van der Waals surface area contributed by atoms with Crippen LogP contribution in [0.15, 0.2) is 28.7 Å². The van der Waals surface area contributed by atoms with Gasteiger partial charge >= 0.3 is 5.97 Å². The molecule has 0 aromatic heterocycles. The Bertz CT molecular complexity index is 448. The predicted octanol–water partition coefficient (Wildman–Crippen LogP) is 3.36. The van der Waals surface area contributed by atoms with Crippen LogP contribution >= 0.6 is 15.9 Å². The Hall–Kier alpha value is -0.870. The number of carbonyl (C=O) groups is 1. The van der Waals surface area contributed by atoms with Crippen LogP contribution in [0.3, 0.4) is 0 Å². The van der Waals surface area contributed by atoms with E-state index in [-0.39, 0.29) is 12.2 Å². The standard InChI is InChI=1S/C14H17BrO3/c1-9-7-14(13(16)17,8-10(2)18-9)11-4-3-5-12(15)6-11/h3-6,9-10H,7-8H2,1-2H3,(H,16,17). The molecule has 1 heterocycles. The lowest BCUT2D eigenvalue weighted by molar-refractivity contribution is -0.154. The summed E-state index contributed by atoms with van der Waals surface area (Å²) in [5.74, 6) is -0.761. The molecule has 3 nitrogen and oxygen atoms in total. The Balaban J connectivity index is 2.47. The molecule has 0 radical (unpaired) electrons. The van der Waals surface area contributed by atoms with E-state index in [1.54, 1.807) is 0 Å². The molecular weight excluding hydrogens is 296 g/mol. The SMILES string of the molecule is CC1CC(C(=O)O)(c2cccc(Br)c2)CC(C)O1. The molecule has 2 atom stereocenters. The zero-order valence-electron chi connectivity index (χ0n) is 10.5. The van der Waals surface area contributed by atoms with E-state index in [1.165, 1.54) is 0 Å². The lowest BCUT2D eigenvalue weighted by Crippen LogP contribution is -2.46. The summed E-state index contributed by atoms with van der Waals surface area (Å²) in [6, 6.07) is 7.59. The van der Waals surface area contributed by atoms with Crippen LogP contribution in [0.2, 0.25) is 0 Å². The fourth-order valence-electron chi connectivity index (χ4n) is 2.88. The summed E-state index contributed by atoms with van der Waals surface area (Å²) in [7, 11) is 0. The van der Waals surface area contributed by atoms with Crippen LogP contribution in [-0.2, 0) is 14.9 Å². The van der Waals surface area contributed by atoms with Crippen LogP contribution in [0.4, 0.5) is 0 Å². The maximum absolute atomic E-state index is 11.8. The summed E-state index contributed by atoms with van der Waals surface area (Å²) < 4.78 is 6.58. The molecule has 1 N–H and O–H groups in total. The smallest absolute Gasteiger partial charge is 0.314 e. The number of carboxylic acid groups (broad SMARTS) is 1. The van der Waals surface area contributed by atoms with Gasteiger partial charge in [-0.2, -0.15) is 0 Å². The van der Waals surface area contributed by atoms with E-state index >= 15 is 0 Å². The first-order chi connectivity index (χ1) is 8.44. The number of hydrogen-bond donors (Lipinski definition) is 1. The zero-order chi connectivity index (χ0) is 13.3. The molecule has 1 fully saturated rings. The summed E-state index contributed by atoms with van der Waals surface area (Å²) in [6.07, 6.45) is 0.958. The third-order valence-electron chi connectivity index (χ3n) is 3.52. The highest BCUT2D eigenvalue weighted by Gasteiger charge is 2.46. The monoisotopic (exact) mass is 312 g/mol. The van der Waals surface area contributed by atoms with Gasteiger partial charge in [-0.1, -0.05) is 28.1 Å². The van der Waals surface area contributed by atoms with Gasteiger partial charge in [-0.25, -0.2) is 0 Å². The maximum atomic E-state index is 11.8. The Morgan fingerprint density at radius 2 is 2.00 bits per heavy atom. The Morgan fingerprint density at radius 3 is 2.50 bits per heavy atom. The van der Waals surface area contributed by atoms with Gasteiger partial charge in [0.25, 0.3) is 0 Å². The summed E-state index contributed by atoms with van der Waals surface area (Å²) >= 11 is 3.41. The summed E-state index contributed by atoms with van der Waals surface area (Å²) in [5, 5.41) is 9.70. The lowest BCUT2D eigenvalue weighted by Gasteiger charge is -2.40. The highest BCUT2D eigenvalue weighted by atomic mass is 79.9. The number of carboxylic acids is 1. The van der Waals surface area contributed by atoms with E-state index in [4.69, 9.17) is 4.74 Å². The van der Waals surface area contributed by atoms with Crippen molar-refractivity contribution in [2.75, 3.05) is 0 Å². The van der Waals surface area contributed by atoms with Crippen molar-refractivity contribution in [2.24, 2.45) is 0 Å². The second kappa shape index (κ2) is 5.02. The summed E-state index contributed by atoms with van der Waals surface area (Å²) in [4.78, 5) is 11.8. The number of halogens is 1. The van der Waals surface area contributed by atoms with Crippen molar-refractivity contribution >= 4 is 21.9 Å². The molecule has 0 amide bonds. The van der Waals surface area contributed by atoms with E-state index in [0.29, 0.717) is 12.8 Å². The van der Waals surface area contributed by atoms with Gasteiger partial charge in [0.05, 0.1) is 17.6 Å². The lowest BCUT2D eigenvalue weighted by atomic mass is 9.71. The van der Waals surface area contributed by atoms with Crippen LogP contribution in [0.1, 0.15) is 32.3 Å². The van der Waals surface area contributed by atoms with Crippen LogP contribution in [0, 0.1) is 0 Å². The molecule has 1 aliphatic heterocycles. The van der Waals surface area contributed by atoms with Crippen molar-refractivity contribution in [2.45, 2.75) is 44.3 Å². The van der Waals surface area contributed by atoms with E-state index in [2.05, 4.69) is 15.9 Å². The second-order valence-corrected chi connectivity index (χ2v) is 5.98. The zero-order valence-corrected chi connectivity index (χ0v) is 12.1. The second-order valence-electron chi connectivity index (χ2n) is 5.06. The summed E-state index contributed by atoms with van der Waals surface area (Å²) in [5.41, 5.74) is 0.0206. The molecule has 18 heavy (non-hydrogen) atoms. The molecule has 0 saturated carbocycles. The molecule has 4 heteroatoms. The van der Waals surface area contributed by atoms with E-state index in [1.807, 2.05) is 38.1 Å². The normalized spacial score (nSPS) is 32.2. The fourth-order valence-corrected chi connectivity index (χ4v) is 3.28. The van der Waals surface area contributed by atoms with Crippen molar-refractivity contribution in [1.82, 2.24) is 0 Å². The number of benzene rings is 1. The third-order valence-corrected chi connectivity index (χ3v) is 4.02. The van der Waals surface area contributed by atoms with Crippen LogP contribution < -0.4 is 0 Å². The van der Waals surface area contributed by atoms with Crippen LogP contribution in [0.25, 0.3) is 0 Å². The molecule has 2 rings (SSSR count). The number of hydrogen-bond acceptors (Lipinski definition) is 2. The van der Waals surface area contributed by atoms with Gasteiger partial charge < -0.3 is 9.84 Å². The largest absolute Gasteiger partial charge is 0.481 e. The predicted molar refractivity (Wildman–Crippen MR) is 72.7 cm³/mol. The van der Waals surface area contributed by atoms with Crippen molar-refractivity contribution in [1.29, 1.82) is 0 Å². The number of aliphatic carboxylic acids is 1. The third kappa shape index (κ3) is 2.45. The van der Waals surface area contributed by atoms with Gasteiger partial charge in [0.15, 0.2) is 0 Å². The van der Waals surface area contributed by atoms with Gasteiger partial charge in [-0.3, -0.25) is 4.79 Å². The minimum Gasteiger partial charge on any atom is -0.481 e. The van der Waals surface area contributed by atoms with Crippen molar-refractivity contribution in [3.63, 3.8) is 0 Å². The Kier molecular flexibility index (Phi) is 3.78. The van der Waals surface area contributed by atoms with E-state index < -0.39 is 11.4 Å². The molecule has 1 aliphatic rings. The minimum atomic E-state index is -0.832. The van der Waals surface area contributed by atoms with E-state index in [9.17, 15) is 9.90 Å². The molecule has 1 aromatic carbocycles. The van der Waals surface area contributed by atoms with Crippen molar-refractivity contribution < 1.29 is 14.6 Å². The topological polar surface area (TPSA) is 46.5 Å². The molecule has 1 aromatic rings. The molecule has 0 bridgehead atoms. The molecule has 2 unspecified atom stereocenters. The minimum absolute atomic E-state index is 0.0381. The van der Waals surface area contributed by atoms with Crippen LogP contribution in [-0.4, -0.2) is 23.3 Å². The summed E-state index contributed by atoms with van der Waals surface area (Å²) in [6.45, 7) is 3.87. The van der Waals surface area contributed by atoms with Gasteiger partial charge in [0, 0.05) is 4.47 Å². The Labute approximate surface area is 115 Å². The first-order valence-corrected chi connectivity index (χ1v) is 6.88. The fraction of sp³-hybridized carbons (Fsp3) is 0.500. The maximum Gasteiger partial charge on any atom is 0.314 e. The average Bonchev–Trinajstić information content (AvgIpc) is 2.27. The Morgan fingerprint density at radius 1 is 1.39 bits per heavy atom. The molecule has 98 valence electrons. The van der Waals surface area contributed by atoms with Crippen LogP contribution in [0.5, 0.6) is 0 Å². The first kappa shape index (κ1) is 13.6. The van der Waals surface area contributed by atoms with Crippen molar-refractivity contribution in [3.05, 3.63) is 34.3 Å². The van der Waals surface area contributed by atoms with E-state index in [0.717, 1.165) is 10.0 Å². The van der Waals surface area contributed by atoms with Crippen molar-refractivity contribution in [3.8, 4) is 0 Å². The highest BCUT2D eigenvalue weighted by Crippen LogP contribution is 2.40. The van der Waals surface area contributed by atoms with Gasteiger partial charge in [0.1, 0.15) is 0 Å². The molecule has 1 saturated heterocycles.